The van der Waals surface area contributed by atoms with Gasteiger partial charge in [0.15, 0.2) is 0 Å². The molecule has 0 atom stereocenters. The van der Waals surface area contributed by atoms with Gasteiger partial charge in [-0.2, -0.15) is 0 Å². The maximum atomic E-state index is 10.7. The van der Waals surface area contributed by atoms with Gasteiger partial charge in [-0.25, -0.2) is 4.79 Å². The van der Waals surface area contributed by atoms with E-state index in [0.29, 0.717) is 12.5 Å². The minimum Gasteiger partial charge on any atom is -0.463 e. The average Bonchev–Trinajstić information content (AvgIpc) is 2.05. The number of hydrogen-bond acceptors (Lipinski definition) is 2. The number of esters is 1. The van der Waals surface area contributed by atoms with Crippen molar-refractivity contribution in [3.8, 4) is 0 Å². The Morgan fingerprint density at radius 1 is 1.50 bits per heavy atom. The van der Waals surface area contributed by atoms with Gasteiger partial charge in [0, 0.05) is 12.0 Å². The summed E-state index contributed by atoms with van der Waals surface area (Å²) >= 11 is 5.48. The molecule has 0 rings (SSSR count). The number of halogens is 1. The highest BCUT2D eigenvalue weighted by atomic mass is 35.5. The molecule has 0 bridgehead atoms. The summed E-state index contributed by atoms with van der Waals surface area (Å²) in [7, 11) is 0. The second-order valence-electron chi connectivity index (χ2n) is 2.34. The van der Waals surface area contributed by atoms with Gasteiger partial charge in [0.25, 0.3) is 0 Å². The standard InChI is InChI=1S/C9H15ClO2/c1-2-12-9(11)7-5-3-4-6-8-10/h5,7H,2-4,6,8H2,1H3/b7-5+. The van der Waals surface area contributed by atoms with E-state index in [2.05, 4.69) is 0 Å². The first-order chi connectivity index (χ1) is 5.81. The number of carbonyl (C=O) groups is 1. The van der Waals surface area contributed by atoms with Crippen molar-refractivity contribution in [1.29, 1.82) is 0 Å². The summed E-state index contributed by atoms with van der Waals surface area (Å²) in [5, 5.41) is 0. The van der Waals surface area contributed by atoms with E-state index in [0.717, 1.165) is 19.3 Å². The Morgan fingerprint density at radius 3 is 2.83 bits per heavy atom. The lowest BCUT2D eigenvalue weighted by atomic mass is 10.2. The van der Waals surface area contributed by atoms with Crippen molar-refractivity contribution in [1.82, 2.24) is 0 Å². The van der Waals surface area contributed by atoms with Crippen LogP contribution in [0.1, 0.15) is 26.2 Å². The van der Waals surface area contributed by atoms with E-state index in [9.17, 15) is 4.79 Å². The number of carbonyl (C=O) groups excluding carboxylic acids is 1. The second kappa shape index (κ2) is 8.60. The molecule has 70 valence electrons. The summed E-state index contributed by atoms with van der Waals surface area (Å²) in [6.07, 6.45) is 6.21. The monoisotopic (exact) mass is 190 g/mol. The van der Waals surface area contributed by atoms with E-state index in [1.807, 2.05) is 6.08 Å². The first-order valence-electron chi connectivity index (χ1n) is 4.20. The molecule has 0 aromatic carbocycles. The third kappa shape index (κ3) is 7.61. The smallest absolute Gasteiger partial charge is 0.330 e. The van der Waals surface area contributed by atoms with Gasteiger partial charge in [-0.3, -0.25) is 0 Å². The SMILES string of the molecule is CCOC(=O)/C=C/CCCCCl. The highest BCUT2D eigenvalue weighted by molar-refractivity contribution is 6.17. The van der Waals surface area contributed by atoms with Crippen LogP contribution in [0.4, 0.5) is 0 Å². The Hall–Kier alpha value is -0.500. The Labute approximate surface area is 78.5 Å². The van der Waals surface area contributed by atoms with Crippen molar-refractivity contribution in [2.75, 3.05) is 12.5 Å². The van der Waals surface area contributed by atoms with Gasteiger partial charge in [0.1, 0.15) is 0 Å². The molecule has 12 heavy (non-hydrogen) atoms. The lowest BCUT2D eigenvalue weighted by Gasteiger charge is -1.94. The van der Waals surface area contributed by atoms with E-state index >= 15 is 0 Å². The lowest BCUT2D eigenvalue weighted by Crippen LogP contribution is -1.98. The van der Waals surface area contributed by atoms with E-state index in [4.69, 9.17) is 16.3 Å². The van der Waals surface area contributed by atoms with Crippen LogP contribution in [-0.2, 0) is 9.53 Å². The van der Waals surface area contributed by atoms with Crippen molar-refractivity contribution in [3.05, 3.63) is 12.2 Å². The molecule has 0 radical (unpaired) electrons. The molecule has 0 aromatic rings. The van der Waals surface area contributed by atoms with Crippen LogP contribution in [0.5, 0.6) is 0 Å². The molecule has 0 amide bonds. The molecule has 0 N–H and O–H groups in total. The maximum Gasteiger partial charge on any atom is 0.330 e. The topological polar surface area (TPSA) is 26.3 Å². The van der Waals surface area contributed by atoms with Crippen LogP contribution >= 0.6 is 11.6 Å². The highest BCUT2D eigenvalue weighted by Gasteiger charge is 1.91. The van der Waals surface area contributed by atoms with Crippen LogP contribution in [0.3, 0.4) is 0 Å². The second-order valence-corrected chi connectivity index (χ2v) is 2.72. The molecule has 0 aromatic heterocycles. The fourth-order valence-electron chi connectivity index (χ4n) is 0.727. The van der Waals surface area contributed by atoms with Crippen molar-refractivity contribution in [2.45, 2.75) is 26.2 Å². The molecule has 0 heterocycles. The van der Waals surface area contributed by atoms with Crippen LogP contribution < -0.4 is 0 Å². The molecule has 0 fully saturated rings. The van der Waals surface area contributed by atoms with E-state index in [-0.39, 0.29) is 5.97 Å². The molecule has 0 aliphatic carbocycles. The van der Waals surface area contributed by atoms with E-state index < -0.39 is 0 Å². The number of rotatable bonds is 6. The van der Waals surface area contributed by atoms with Crippen LogP contribution in [0.15, 0.2) is 12.2 Å². The Kier molecular flexibility index (Phi) is 8.24. The van der Waals surface area contributed by atoms with Gasteiger partial charge in [0.2, 0.25) is 0 Å². The molecular weight excluding hydrogens is 176 g/mol. The maximum absolute atomic E-state index is 10.7. The third-order valence-electron chi connectivity index (χ3n) is 1.29. The van der Waals surface area contributed by atoms with Gasteiger partial charge in [-0.05, 0) is 26.2 Å². The van der Waals surface area contributed by atoms with Gasteiger partial charge in [0.05, 0.1) is 6.61 Å². The first-order valence-corrected chi connectivity index (χ1v) is 4.74. The summed E-state index contributed by atoms with van der Waals surface area (Å²) in [4.78, 5) is 10.7. The van der Waals surface area contributed by atoms with Gasteiger partial charge >= 0.3 is 5.97 Å². The number of ether oxygens (including phenoxy) is 1. The molecule has 0 saturated carbocycles. The van der Waals surface area contributed by atoms with Crippen LogP contribution in [0.25, 0.3) is 0 Å². The minimum absolute atomic E-state index is 0.261. The summed E-state index contributed by atoms with van der Waals surface area (Å²) in [5.41, 5.74) is 0. The molecule has 0 aliphatic rings. The zero-order chi connectivity index (χ0) is 9.23. The molecule has 3 heteroatoms. The number of hydrogen-bond donors (Lipinski definition) is 0. The fourth-order valence-corrected chi connectivity index (χ4v) is 0.916. The number of unbranched alkanes of at least 4 members (excludes halogenated alkanes) is 2. The number of allylic oxidation sites excluding steroid dienone is 1. The van der Waals surface area contributed by atoms with Crippen molar-refractivity contribution >= 4 is 17.6 Å². The van der Waals surface area contributed by atoms with E-state index in [1.54, 1.807) is 6.92 Å². The molecule has 0 saturated heterocycles. The van der Waals surface area contributed by atoms with Gasteiger partial charge < -0.3 is 4.74 Å². The largest absolute Gasteiger partial charge is 0.463 e. The molecule has 0 unspecified atom stereocenters. The van der Waals surface area contributed by atoms with Crippen LogP contribution in [0.2, 0.25) is 0 Å². The van der Waals surface area contributed by atoms with Gasteiger partial charge in [-0.15, -0.1) is 11.6 Å². The fraction of sp³-hybridized carbons (Fsp3) is 0.667. The normalized spacial score (nSPS) is 10.5. The van der Waals surface area contributed by atoms with Crippen LogP contribution in [-0.4, -0.2) is 18.5 Å². The Morgan fingerprint density at radius 2 is 2.25 bits per heavy atom. The first kappa shape index (κ1) is 11.5. The van der Waals surface area contributed by atoms with Crippen molar-refractivity contribution in [2.24, 2.45) is 0 Å². The predicted octanol–water partition coefficient (Wildman–Crippen LogP) is 2.51. The summed E-state index contributed by atoms with van der Waals surface area (Å²) in [5.74, 6) is 0.427. The Bertz CT molecular complexity index is 143. The molecular formula is C9H15ClO2. The molecule has 0 spiro atoms. The lowest BCUT2D eigenvalue weighted by molar-refractivity contribution is -0.137. The van der Waals surface area contributed by atoms with Crippen molar-refractivity contribution in [3.63, 3.8) is 0 Å². The van der Waals surface area contributed by atoms with Crippen molar-refractivity contribution < 1.29 is 9.53 Å². The predicted molar refractivity (Wildman–Crippen MR) is 50.3 cm³/mol. The Balaban J connectivity index is 3.29. The summed E-state index contributed by atoms with van der Waals surface area (Å²) < 4.78 is 4.70. The molecule has 2 nitrogen and oxygen atoms in total. The summed E-state index contributed by atoms with van der Waals surface area (Å²) in [6.45, 7) is 2.23. The zero-order valence-corrected chi connectivity index (χ0v) is 8.14. The van der Waals surface area contributed by atoms with E-state index in [1.165, 1.54) is 6.08 Å². The zero-order valence-electron chi connectivity index (χ0n) is 7.38. The summed E-state index contributed by atoms with van der Waals surface area (Å²) in [6, 6.07) is 0. The highest BCUT2D eigenvalue weighted by Crippen LogP contribution is 1.98. The quantitative estimate of drug-likeness (QED) is 0.279. The van der Waals surface area contributed by atoms with Crippen LogP contribution in [0, 0.1) is 0 Å². The van der Waals surface area contributed by atoms with Gasteiger partial charge in [-0.1, -0.05) is 6.08 Å². The minimum atomic E-state index is -0.261. The third-order valence-corrected chi connectivity index (χ3v) is 1.56. The average molecular weight is 191 g/mol. The molecule has 0 aliphatic heterocycles. The number of alkyl halides is 1.